The minimum atomic E-state index is -0.0685. The van der Waals surface area contributed by atoms with Crippen LogP contribution in [0.2, 0.25) is 0 Å². The van der Waals surface area contributed by atoms with Crippen LogP contribution < -0.4 is 0 Å². The molecule has 0 saturated heterocycles. The first-order valence-corrected chi connectivity index (χ1v) is 14.5. The zero-order valence-corrected chi connectivity index (χ0v) is 23.1. The van der Waals surface area contributed by atoms with E-state index in [-0.39, 0.29) is 5.41 Å². The van der Waals surface area contributed by atoms with E-state index in [0.717, 1.165) is 50.2 Å². The van der Waals surface area contributed by atoms with Crippen molar-refractivity contribution in [2.45, 2.75) is 19.3 Å². The molecule has 0 atom stereocenters. The van der Waals surface area contributed by atoms with E-state index in [4.69, 9.17) is 9.97 Å². The standard InChI is InChI=1S/C37H23N5/c1-37(2)26-15-8-7-12-22(26)25-18-28-31(19-27(25)37)40-29-16-9-17-30-34(29)42(35(40)38-28)36-39-32-23-13-5-3-10-20(23)21-11-4-6-14-24(21)33(32)41(30)36/h3-19H,1-2H3. The van der Waals surface area contributed by atoms with Crippen LogP contribution in [-0.2, 0) is 5.41 Å². The lowest BCUT2D eigenvalue weighted by Crippen LogP contribution is -2.14. The molecule has 4 heterocycles. The average Bonchev–Trinajstić information content (AvgIpc) is 3.79. The molecule has 0 amide bonds. The molecule has 0 bridgehead atoms. The predicted octanol–water partition coefficient (Wildman–Crippen LogP) is 8.74. The lowest BCUT2D eigenvalue weighted by molar-refractivity contribution is 0.661. The number of fused-ring (bicyclic) bond motifs is 18. The molecule has 5 heteroatoms. The van der Waals surface area contributed by atoms with Crippen molar-refractivity contribution in [1.82, 2.24) is 23.2 Å². The normalized spacial score (nSPS) is 14.6. The second-order valence-electron chi connectivity index (χ2n) is 12.3. The fourth-order valence-electron chi connectivity index (χ4n) is 8.12. The number of aromatic nitrogens is 5. The van der Waals surface area contributed by atoms with Gasteiger partial charge in [0.1, 0.15) is 5.52 Å². The zero-order chi connectivity index (χ0) is 27.5. The van der Waals surface area contributed by atoms with Gasteiger partial charge in [-0.3, -0.25) is 8.80 Å². The van der Waals surface area contributed by atoms with E-state index in [9.17, 15) is 0 Å². The molecule has 1 aliphatic carbocycles. The summed E-state index contributed by atoms with van der Waals surface area (Å²) in [5.74, 6) is 1.81. The summed E-state index contributed by atoms with van der Waals surface area (Å²) in [5.41, 5.74) is 13.1. The Labute approximate surface area is 239 Å². The van der Waals surface area contributed by atoms with Gasteiger partial charge in [-0.2, -0.15) is 0 Å². The lowest BCUT2D eigenvalue weighted by Gasteiger charge is -2.21. The minimum absolute atomic E-state index is 0.0685. The Hall–Kier alpha value is -5.42. The Morgan fingerprint density at radius 2 is 1.17 bits per heavy atom. The van der Waals surface area contributed by atoms with E-state index in [1.54, 1.807) is 0 Å². The van der Waals surface area contributed by atoms with E-state index >= 15 is 0 Å². The summed E-state index contributed by atoms with van der Waals surface area (Å²) in [6.45, 7) is 4.67. The van der Waals surface area contributed by atoms with E-state index in [1.165, 1.54) is 43.8 Å². The molecule has 1 aliphatic rings. The maximum Gasteiger partial charge on any atom is 0.223 e. The van der Waals surface area contributed by atoms with E-state index in [1.807, 2.05) is 0 Å². The van der Waals surface area contributed by atoms with Gasteiger partial charge in [0, 0.05) is 16.2 Å². The summed E-state index contributed by atoms with van der Waals surface area (Å²) in [5, 5.41) is 4.88. The van der Waals surface area contributed by atoms with Crippen LogP contribution in [0.5, 0.6) is 0 Å². The van der Waals surface area contributed by atoms with Crippen molar-refractivity contribution >= 4 is 71.7 Å². The molecule has 0 spiro atoms. The van der Waals surface area contributed by atoms with Crippen molar-refractivity contribution in [3.05, 3.63) is 114 Å². The van der Waals surface area contributed by atoms with Crippen LogP contribution in [0.4, 0.5) is 0 Å². The molecule has 5 nitrogen and oxygen atoms in total. The quantitative estimate of drug-likeness (QED) is 0.181. The lowest BCUT2D eigenvalue weighted by atomic mass is 9.82. The van der Waals surface area contributed by atoms with Gasteiger partial charge in [-0.1, -0.05) is 92.7 Å². The van der Waals surface area contributed by atoms with Crippen molar-refractivity contribution in [2.75, 3.05) is 0 Å². The highest BCUT2D eigenvalue weighted by atomic mass is 15.3. The van der Waals surface area contributed by atoms with Crippen molar-refractivity contribution in [1.29, 1.82) is 0 Å². The van der Waals surface area contributed by atoms with Gasteiger partial charge in [-0.15, -0.1) is 0 Å². The van der Waals surface area contributed by atoms with Crippen molar-refractivity contribution in [2.24, 2.45) is 0 Å². The fraction of sp³-hybridized carbons (Fsp3) is 0.0811. The number of hydrogen-bond donors (Lipinski definition) is 0. The molecule has 42 heavy (non-hydrogen) atoms. The van der Waals surface area contributed by atoms with Crippen LogP contribution in [0.3, 0.4) is 0 Å². The summed E-state index contributed by atoms with van der Waals surface area (Å²) in [4.78, 5) is 10.7. The summed E-state index contributed by atoms with van der Waals surface area (Å²) < 4.78 is 6.97. The Bertz CT molecular complexity index is 2820. The van der Waals surface area contributed by atoms with Gasteiger partial charge in [-0.05, 0) is 57.3 Å². The second kappa shape index (κ2) is 6.72. The number of rotatable bonds is 0. The summed E-state index contributed by atoms with van der Waals surface area (Å²) in [6, 6.07) is 37.5. The van der Waals surface area contributed by atoms with Crippen molar-refractivity contribution < 1.29 is 0 Å². The summed E-state index contributed by atoms with van der Waals surface area (Å²) >= 11 is 0. The van der Waals surface area contributed by atoms with E-state index in [0.29, 0.717) is 0 Å². The maximum absolute atomic E-state index is 5.39. The SMILES string of the molecule is CC1(C)c2ccccc2-c2cc3nc4n(c3cc21)c1cccc2c1n4c1nc3c4ccccc4c4ccccc4c3n21. The molecule has 0 aliphatic heterocycles. The summed E-state index contributed by atoms with van der Waals surface area (Å²) in [7, 11) is 0. The Morgan fingerprint density at radius 3 is 2.00 bits per heavy atom. The van der Waals surface area contributed by atoms with Crippen molar-refractivity contribution in [3.8, 4) is 11.1 Å². The van der Waals surface area contributed by atoms with Gasteiger partial charge >= 0.3 is 0 Å². The highest BCUT2D eigenvalue weighted by Gasteiger charge is 2.36. The molecular weight excluding hydrogens is 514 g/mol. The van der Waals surface area contributed by atoms with Crippen LogP contribution in [0.1, 0.15) is 25.0 Å². The monoisotopic (exact) mass is 537 g/mol. The number of imidazole rings is 4. The Kier molecular flexibility index (Phi) is 3.41. The number of benzene rings is 6. The molecule has 0 radical (unpaired) electrons. The third kappa shape index (κ3) is 2.19. The van der Waals surface area contributed by atoms with Crippen LogP contribution in [-0.4, -0.2) is 23.2 Å². The highest BCUT2D eigenvalue weighted by Crippen LogP contribution is 2.50. The van der Waals surface area contributed by atoms with Gasteiger partial charge < -0.3 is 0 Å². The molecule has 0 unspecified atom stereocenters. The summed E-state index contributed by atoms with van der Waals surface area (Å²) in [6.07, 6.45) is 0. The number of para-hydroxylation sites is 1. The van der Waals surface area contributed by atoms with Gasteiger partial charge in [-0.25, -0.2) is 14.4 Å². The molecule has 11 rings (SSSR count). The fourth-order valence-corrected chi connectivity index (χ4v) is 8.12. The molecule has 4 aromatic heterocycles. The highest BCUT2D eigenvalue weighted by molar-refractivity contribution is 6.25. The van der Waals surface area contributed by atoms with Gasteiger partial charge in [0.05, 0.1) is 33.1 Å². The average molecular weight is 538 g/mol. The molecular formula is C37H23N5. The third-order valence-electron chi connectivity index (χ3n) is 9.95. The molecule has 10 aromatic rings. The van der Waals surface area contributed by atoms with Crippen LogP contribution in [0.25, 0.3) is 82.8 Å². The topological polar surface area (TPSA) is 39.0 Å². The molecule has 196 valence electrons. The molecule has 0 N–H and O–H groups in total. The molecule has 6 aromatic carbocycles. The smallest absolute Gasteiger partial charge is 0.223 e. The Morgan fingerprint density at radius 1 is 0.500 bits per heavy atom. The minimum Gasteiger partial charge on any atom is -0.276 e. The zero-order valence-electron chi connectivity index (χ0n) is 23.1. The van der Waals surface area contributed by atoms with Crippen LogP contribution >= 0.6 is 0 Å². The number of nitrogens with zero attached hydrogens (tertiary/aromatic N) is 5. The second-order valence-corrected chi connectivity index (χ2v) is 12.3. The predicted molar refractivity (Wildman–Crippen MR) is 171 cm³/mol. The number of hydrogen-bond acceptors (Lipinski definition) is 2. The maximum atomic E-state index is 5.39. The third-order valence-corrected chi connectivity index (χ3v) is 9.95. The molecule has 0 saturated carbocycles. The van der Waals surface area contributed by atoms with Gasteiger partial charge in [0.15, 0.2) is 0 Å². The largest absolute Gasteiger partial charge is 0.276 e. The molecule has 0 fully saturated rings. The van der Waals surface area contributed by atoms with E-state index < -0.39 is 0 Å². The van der Waals surface area contributed by atoms with Crippen LogP contribution in [0.15, 0.2) is 103 Å². The first-order chi connectivity index (χ1) is 20.6. The van der Waals surface area contributed by atoms with Crippen LogP contribution in [0, 0.1) is 0 Å². The van der Waals surface area contributed by atoms with Crippen molar-refractivity contribution in [3.63, 3.8) is 0 Å². The van der Waals surface area contributed by atoms with Gasteiger partial charge in [0.25, 0.3) is 0 Å². The first-order valence-electron chi connectivity index (χ1n) is 14.5. The first kappa shape index (κ1) is 21.3. The van der Waals surface area contributed by atoms with E-state index in [2.05, 4.69) is 130 Å². The Balaban J connectivity index is 1.35. The van der Waals surface area contributed by atoms with Gasteiger partial charge in [0.2, 0.25) is 11.6 Å².